The Hall–Kier alpha value is -5.31. The summed E-state index contributed by atoms with van der Waals surface area (Å²) in [6, 6.07) is 19.0. The highest BCUT2D eigenvalue weighted by molar-refractivity contribution is 6.12. The minimum atomic E-state index is -3.81. The summed E-state index contributed by atoms with van der Waals surface area (Å²) in [5.41, 5.74) is 0.250. The van der Waals surface area contributed by atoms with Crippen LogP contribution in [0.3, 0.4) is 0 Å². The Bertz CT molecular complexity index is 1780. The number of alkyl halides is 2. The third kappa shape index (κ3) is 5.05. The number of hydrogen-bond acceptors (Lipinski definition) is 7. The van der Waals surface area contributed by atoms with Crippen molar-refractivity contribution in [2.24, 2.45) is 0 Å². The molecule has 3 aromatic carbocycles. The van der Waals surface area contributed by atoms with E-state index >= 15 is 0 Å². The van der Waals surface area contributed by atoms with E-state index in [1.54, 1.807) is 56.3 Å². The summed E-state index contributed by atoms with van der Waals surface area (Å²) in [5, 5.41) is 14.4. The van der Waals surface area contributed by atoms with E-state index in [4.69, 9.17) is 0 Å². The Balaban J connectivity index is 1.53. The molecule has 1 aliphatic rings. The van der Waals surface area contributed by atoms with Crippen LogP contribution in [0.4, 0.5) is 20.2 Å². The normalized spacial score (nSPS) is 13.0. The summed E-state index contributed by atoms with van der Waals surface area (Å²) in [4.78, 5) is 43.3. The Morgan fingerprint density at radius 1 is 0.951 bits per heavy atom. The molecule has 0 saturated carbocycles. The summed E-state index contributed by atoms with van der Waals surface area (Å²) in [6.45, 7) is 3.22. The quantitative estimate of drug-likeness (QED) is 0.331. The van der Waals surface area contributed by atoms with Crippen molar-refractivity contribution in [1.29, 1.82) is 5.26 Å². The molecule has 0 atom stereocenters. The molecule has 4 aromatic rings. The summed E-state index contributed by atoms with van der Waals surface area (Å²) in [5.74, 6) is -1.54. The van der Waals surface area contributed by atoms with E-state index in [0.29, 0.717) is 11.1 Å². The van der Waals surface area contributed by atoms with Crippen molar-refractivity contribution in [2.45, 2.75) is 26.7 Å². The second kappa shape index (κ2) is 10.7. The van der Waals surface area contributed by atoms with Gasteiger partial charge in [-0.1, -0.05) is 30.3 Å². The molecule has 1 aromatic heterocycles. The molecule has 208 valence electrons. The molecule has 0 fully saturated rings. The van der Waals surface area contributed by atoms with Crippen LogP contribution < -0.4 is 24.8 Å². The SMILES string of the molecule is CCN(C(=O)Cn1nc(C(=O)N(CC)c2ccccc2C#N)c2ccccc2c1=O)c1ccc2c(c1)OC(F)(F)O2. The van der Waals surface area contributed by atoms with Gasteiger partial charge in [0, 0.05) is 30.2 Å². The molecule has 0 saturated heterocycles. The number of fused-ring (bicyclic) bond motifs is 2. The zero-order valence-electron chi connectivity index (χ0n) is 22.0. The van der Waals surface area contributed by atoms with Gasteiger partial charge in [-0.2, -0.15) is 10.4 Å². The average molecular weight is 560 g/mol. The van der Waals surface area contributed by atoms with Crippen molar-refractivity contribution in [1.82, 2.24) is 9.78 Å². The van der Waals surface area contributed by atoms with Crippen molar-refractivity contribution < 1.29 is 27.8 Å². The van der Waals surface area contributed by atoms with Crippen LogP contribution in [-0.4, -0.2) is 41.0 Å². The number of anilines is 2. The number of halogens is 2. The molecule has 2 heterocycles. The van der Waals surface area contributed by atoms with Crippen LogP contribution in [0.5, 0.6) is 11.5 Å². The van der Waals surface area contributed by atoms with Gasteiger partial charge < -0.3 is 19.3 Å². The van der Waals surface area contributed by atoms with Crippen molar-refractivity contribution >= 4 is 34.0 Å². The van der Waals surface area contributed by atoms with Gasteiger partial charge in [0.1, 0.15) is 12.6 Å². The van der Waals surface area contributed by atoms with E-state index in [0.717, 1.165) is 4.68 Å². The van der Waals surface area contributed by atoms with Gasteiger partial charge in [-0.3, -0.25) is 14.4 Å². The van der Waals surface area contributed by atoms with E-state index < -0.39 is 30.2 Å². The van der Waals surface area contributed by atoms with E-state index in [9.17, 15) is 28.4 Å². The fourth-order valence-corrected chi connectivity index (χ4v) is 4.68. The smallest absolute Gasteiger partial charge is 0.395 e. The van der Waals surface area contributed by atoms with Crippen molar-refractivity contribution in [3.05, 3.63) is 88.3 Å². The lowest BCUT2D eigenvalue weighted by Gasteiger charge is -2.23. The number of hydrogen-bond donors (Lipinski definition) is 0. The molecule has 5 rings (SSSR count). The van der Waals surface area contributed by atoms with Crippen LogP contribution in [0, 0.1) is 11.3 Å². The third-order valence-corrected chi connectivity index (χ3v) is 6.55. The van der Waals surface area contributed by atoms with Crippen molar-refractivity contribution in [2.75, 3.05) is 22.9 Å². The van der Waals surface area contributed by atoms with Crippen LogP contribution in [0.15, 0.2) is 71.5 Å². The predicted octanol–water partition coefficient (Wildman–Crippen LogP) is 4.31. The number of benzene rings is 3. The Morgan fingerprint density at radius 2 is 1.61 bits per heavy atom. The molecule has 0 unspecified atom stereocenters. The molecular weight excluding hydrogens is 536 g/mol. The van der Waals surface area contributed by atoms with Crippen molar-refractivity contribution in [3.8, 4) is 17.6 Å². The predicted molar refractivity (Wildman–Crippen MR) is 145 cm³/mol. The summed E-state index contributed by atoms with van der Waals surface area (Å²) < 4.78 is 36.8. The standard InChI is InChI=1S/C29H23F2N5O5/c1-3-34(19-13-14-23-24(15-19)41-29(30,31)40-23)25(37)17-36-27(38)21-11-7-6-10-20(21)26(33-36)28(39)35(4-2)22-12-8-5-9-18(22)16-32/h5-15H,3-4,17H2,1-2H3. The first kappa shape index (κ1) is 27.3. The number of likely N-dealkylation sites (N-methyl/N-ethyl adjacent to an activating group) is 1. The van der Waals surface area contributed by atoms with Gasteiger partial charge in [0.15, 0.2) is 17.2 Å². The lowest BCUT2D eigenvalue weighted by atomic mass is 10.1. The Kier molecular flexibility index (Phi) is 7.11. The van der Waals surface area contributed by atoms with Crippen LogP contribution in [0.25, 0.3) is 10.8 Å². The lowest BCUT2D eigenvalue weighted by molar-refractivity contribution is -0.286. The molecule has 10 nitrogen and oxygen atoms in total. The van der Waals surface area contributed by atoms with Gasteiger partial charge in [-0.25, -0.2) is 4.68 Å². The fourth-order valence-electron chi connectivity index (χ4n) is 4.68. The third-order valence-electron chi connectivity index (χ3n) is 6.55. The molecule has 0 N–H and O–H groups in total. The van der Waals surface area contributed by atoms with E-state index in [1.807, 2.05) is 0 Å². The molecule has 0 radical (unpaired) electrons. The highest BCUT2D eigenvalue weighted by atomic mass is 19.3. The molecule has 12 heteroatoms. The van der Waals surface area contributed by atoms with Gasteiger partial charge in [-0.05, 0) is 44.2 Å². The Labute approximate surface area is 232 Å². The van der Waals surface area contributed by atoms with Gasteiger partial charge in [0.25, 0.3) is 11.5 Å². The highest BCUT2D eigenvalue weighted by Gasteiger charge is 2.43. The first-order chi connectivity index (χ1) is 19.7. The number of nitriles is 1. The zero-order valence-corrected chi connectivity index (χ0v) is 22.0. The number of ether oxygens (including phenoxy) is 2. The number of nitrogens with zero attached hydrogens (tertiary/aromatic N) is 5. The average Bonchev–Trinajstić information content (AvgIpc) is 3.28. The first-order valence-electron chi connectivity index (χ1n) is 12.7. The number of carbonyl (C=O) groups excluding carboxylic acids is 2. The zero-order chi connectivity index (χ0) is 29.3. The largest absolute Gasteiger partial charge is 0.586 e. The second-order valence-corrected chi connectivity index (χ2v) is 8.97. The topological polar surface area (TPSA) is 118 Å². The van der Waals surface area contributed by atoms with E-state index in [-0.39, 0.29) is 46.9 Å². The second-order valence-electron chi connectivity index (χ2n) is 8.97. The van der Waals surface area contributed by atoms with E-state index in [2.05, 4.69) is 20.6 Å². The maximum absolute atomic E-state index is 13.8. The lowest BCUT2D eigenvalue weighted by Crippen LogP contribution is -2.39. The maximum Gasteiger partial charge on any atom is 0.586 e. The van der Waals surface area contributed by atoms with Gasteiger partial charge in [0.2, 0.25) is 5.91 Å². The monoisotopic (exact) mass is 559 g/mol. The summed E-state index contributed by atoms with van der Waals surface area (Å²) in [7, 11) is 0. The molecule has 41 heavy (non-hydrogen) atoms. The van der Waals surface area contributed by atoms with Crippen molar-refractivity contribution in [3.63, 3.8) is 0 Å². The molecular formula is C29H23F2N5O5. The van der Waals surface area contributed by atoms with Crippen LogP contribution in [-0.2, 0) is 11.3 Å². The Morgan fingerprint density at radius 3 is 2.32 bits per heavy atom. The molecule has 0 bridgehead atoms. The molecule has 1 aliphatic heterocycles. The van der Waals surface area contributed by atoms with E-state index in [1.165, 1.54) is 34.1 Å². The minimum absolute atomic E-state index is 0.0732. The number of amides is 2. The summed E-state index contributed by atoms with van der Waals surface area (Å²) >= 11 is 0. The number of carbonyl (C=O) groups is 2. The number of para-hydroxylation sites is 1. The van der Waals surface area contributed by atoms with Gasteiger partial charge in [0.05, 0.1) is 16.6 Å². The first-order valence-corrected chi connectivity index (χ1v) is 12.7. The minimum Gasteiger partial charge on any atom is -0.395 e. The van der Waals surface area contributed by atoms with Gasteiger partial charge >= 0.3 is 6.29 Å². The number of aromatic nitrogens is 2. The molecule has 0 spiro atoms. The molecule has 2 amide bonds. The molecule has 0 aliphatic carbocycles. The van der Waals surface area contributed by atoms with Crippen LogP contribution in [0.2, 0.25) is 0 Å². The van der Waals surface area contributed by atoms with Gasteiger partial charge in [-0.15, -0.1) is 8.78 Å². The van der Waals surface area contributed by atoms with Crippen LogP contribution in [0.1, 0.15) is 29.9 Å². The summed E-state index contributed by atoms with van der Waals surface area (Å²) in [6.07, 6.45) is -3.81. The highest BCUT2D eigenvalue weighted by Crippen LogP contribution is 2.42. The fraction of sp³-hybridized carbons (Fsp3) is 0.207. The maximum atomic E-state index is 13.8. The number of rotatable bonds is 7. The van der Waals surface area contributed by atoms with Crippen LogP contribution >= 0.6 is 0 Å².